The van der Waals surface area contributed by atoms with Crippen LogP contribution in [0.2, 0.25) is 0 Å². The second-order valence-electron chi connectivity index (χ2n) is 9.11. The minimum atomic E-state index is -0.129. The summed E-state index contributed by atoms with van der Waals surface area (Å²) in [5.41, 5.74) is 3.44. The van der Waals surface area contributed by atoms with Crippen LogP contribution in [0.3, 0.4) is 0 Å². The van der Waals surface area contributed by atoms with E-state index in [1.807, 2.05) is 139 Å². The Balaban J connectivity index is 1.60. The topological polar surface area (TPSA) is 41.6 Å². The van der Waals surface area contributed by atoms with Crippen molar-refractivity contribution in [1.29, 1.82) is 0 Å². The van der Waals surface area contributed by atoms with Crippen LogP contribution in [-0.4, -0.2) is 16.6 Å². The second kappa shape index (κ2) is 9.75. The largest absolute Gasteiger partial charge is 0.420 e. The molecule has 0 N–H and O–H groups in total. The van der Waals surface area contributed by atoms with Gasteiger partial charge in [0.25, 0.3) is 5.56 Å². The Bertz CT molecular complexity index is 1720. The summed E-state index contributed by atoms with van der Waals surface area (Å²) in [6.45, 7) is 0. The molecule has 6 heteroatoms. The summed E-state index contributed by atoms with van der Waals surface area (Å²) in [7, 11) is 3.96. The molecule has 5 aromatic rings. The molecule has 38 heavy (non-hydrogen) atoms. The van der Waals surface area contributed by atoms with Crippen LogP contribution < -0.4 is 19.9 Å². The molecule has 0 saturated heterocycles. The van der Waals surface area contributed by atoms with Crippen molar-refractivity contribution in [2.75, 3.05) is 12.1 Å². The summed E-state index contributed by atoms with van der Waals surface area (Å²) in [6, 6.07) is 31.5. The van der Waals surface area contributed by atoms with E-state index in [0.717, 1.165) is 28.0 Å². The van der Waals surface area contributed by atoms with Crippen LogP contribution in [-0.2, 0) is 7.05 Å². The van der Waals surface area contributed by atoms with Gasteiger partial charge in [0.1, 0.15) is 12.7 Å². The van der Waals surface area contributed by atoms with Crippen LogP contribution in [0, 0.1) is 0 Å². The second-order valence-corrected chi connectivity index (χ2v) is 9.11. The van der Waals surface area contributed by atoms with E-state index < -0.39 is 0 Å². The number of aryl methyl sites for hydroxylation is 1. The number of hydrogen-bond donors (Lipinski definition) is 0. The summed E-state index contributed by atoms with van der Waals surface area (Å²) >= 11 is 0. The zero-order valence-corrected chi connectivity index (χ0v) is 21.2. The molecule has 186 valence electrons. The minimum Gasteiger partial charge on any atom is -0.420 e. The van der Waals surface area contributed by atoms with Gasteiger partial charge in [-0.3, -0.25) is 9.80 Å². The number of hydrogen-bond acceptors (Lipinski definition) is 4. The van der Waals surface area contributed by atoms with Gasteiger partial charge < -0.3 is 4.74 Å². The number of pyridine rings is 2. The molecule has 0 fully saturated rings. The zero-order valence-electron chi connectivity index (χ0n) is 21.2. The first kappa shape index (κ1) is 23.3. The molecule has 0 amide bonds. The van der Waals surface area contributed by atoms with Crippen molar-refractivity contribution >= 4 is 28.2 Å². The molecular weight excluding hydrogens is 472 g/mol. The van der Waals surface area contributed by atoms with Gasteiger partial charge in [0.05, 0.1) is 11.4 Å². The molecule has 1 aliphatic rings. The zero-order chi connectivity index (χ0) is 26.1. The van der Waals surface area contributed by atoms with Crippen LogP contribution in [0.15, 0.2) is 132 Å². The van der Waals surface area contributed by atoms with Gasteiger partial charge in [-0.15, -0.1) is 0 Å². The molecule has 0 radical (unpaired) electrons. The first-order chi connectivity index (χ1) is 18.6. The fraction of sp³-hybridized carbons (Fsp3) is 0.0625. The number of allylic oxidation sites excluding steroid dienone is 2. The van der Waals surface area contributed by atoms with Crippen molar-refractivity contribution in [2.24, 2.45) is 7.05 Å². The van der Waals surface area contributed by atoms with Gasteiger partial charge in [-0.1, -0.05) is 66.7 Å². The van der Waals surface area contributed by atoms with Gasteiger partial charge >= 0.3 is 0 Å². The van der Waals surface area contributed by atoms with Crippen LogP contribution in [0.4, 0.5) is 11.4 Å². The lowest BCUT2D eigenvalue weighted by atomic mass is 10.1. The number of rotatable bonds is 4. The third-order valence-corrected chi connectivity index (χ3v) is 6.60. The quantitative estimate of drug-likeness (QED) is 0.296. The SMILES string of the molecule is CN1/C(=C\C=C\c2cc[n+](C)cc2)Oc2c(c3ccccc3c(=O)n2-c2ccccc2)N1c1ccccc1. The van der Waals surface area contributed by atoms with Gasteiger partial charge in [-0.2, -0.15) is 0 Å². The molecule has 3 aromatic carbocycles. The van der Waals surface area contributed by atoms with Crippen molar-refractivity contribution in [3.8, 4) is 11.6 Å². The molecule has 6 rings (SSSR count). The van der Waals surface area contributed by atoms with E-state index >= 15 is 0 Å². The summed E-state index contributed by atoms with van der Waals surface area (Å²) < 4.78 is 10.2. The third kappa shape index (κ3) is 4.12. The number of para-hydroxylation sites is 2. The van der Waals surface area contributed by atoms with Crippen molar-refractivity contribution in [3.05, 3.63) is 143 Å². The van der Waals surface area contributed by atoms with Crippen molar-refractivity contribution in [1.82, 2.24) is 9.58 Å². The summed E-state index contributed by atoms with van der Waals surface area (Å²) in [5, 5.41) is 5.52. The standard InChI is InChI=1S/C32H27N4O2/c1-33-22-20-24(21-23-33)12-11-19-29-34(2)36(26-15-7-4-8-16-26)30-27-17-9-10-18-28(27)31(37)35(32(30)38-29)25-13-5-3-6-14-25/h3-23H,1-2H3/q+1. The molecule has 6 nitrogen and oxygen atoms in total. The molecule has 1 aliphatic heterocycles. The third-order valence-electron chi connectivity index (χ3n) is 6.60. The predicted octanol–water partition coefficient (Wildman–Crippen LogP) is 5.75. The lowest BCUT2D eigenvalue weighted by Gasteiger charge is -2.41. The Kier molecular flexibility index (Phi) is 5.98. The highest BCUT2D eigenvalue weighted by molar-refractivity contribution is 5.98. The molecule has 2 aromatic heterocycles. The lowest BCUT2D eigenvalue weighted by Crippen LogP contribution is -2.42. The van der Waals surface area contributed by atoms with Crippen LogP contribution in [0.1, 0.15) is 5.56 Å². The molecule has 0 aliphatic carbocycles. The summed E-state index contributed by atoms with van der Waals surface area (Å²) in [5.74, 6) is 1.05. The number of ether oxygens (including phenoxy) is 1. The highest BCUT2D eigenvalue weighted by Crippen LogP contribution is 2.45. The molecular formula is C32H27N4O2+. The van der Waals surface area contributed by atoms with E-state index in [4.69, 9.17) is 4.74 Å². The number of anilines is 2. The van der Waals surface area contributed by atoms with Crippen molar-refractivity contribution in [2.45, 2.75) is 0 Å². The van der Waals surface area contributed by atoms with Crippen LogP contribution >= 0.6 is 0 Å². The average Bonchev–Trinajstić information content (AvgIpc) is 2.96. The minimum absolute atomic E-state index is 0.129. The Hall–Kier alpha value is -5.10. The van der Waals surface area contributed by atoms with Gasteiger partial charge in [-0.05, 0) is 35.9 Å². The van der Waals surface area contributed by atoms with Gasteiger partial charge in [0, 0.05) is 36.0 Å². The van der Waals surface area contributed by atoms with E-state index in [2.05, 4.69) is 17.1 Å². The van der Waals surface area contributed by atoms with E-state index in [0.29, 0.717) is 17.1 Å². The average molecular weight is 500 g/mol. The fourth-order valence-electron chi connectivity index (χ4n) is 4.71. The van der Waals surface area contributed by atoms with Crippen molar-refractivity contribution in [3.63, 3.8) is 0 Å². The molecule has 0 spiro atoms. The lowest BCUT2D eigenvalue weighted by molar-refractivity contribution is -0.671. The number of aromatic nitrogens is 2. The maximum absolute atomic E-state index is 13.9. The van der Waals surface area contributed by atoms with E-state index in [-0.39, 0.29) is 5.56 Å². The Labute approximate surface area is 221 Å². The highest BCUT2D eigenvalue weighted by Gasteiger charge is 2.33. The van der Waals surface area contributed by atoms with Crippen LogP contribution in [0.25, 0.3) is 22.5 Å². The molecule has 0 saturated carbocycles. The highest BCUT2D eigenvalue weighted by atomic mass is 16.5. The van der Waals surface area contributed by atoms with Crippen LogP contribution in [0.5, 0.6) is 5.88 Å². The maximum Gasteiger partial charge on any atom is 0.265 e. The molecule has 0 unspecified atom stereocenters. The Morgan fingerprint density at radius 3 is 2.05 bits per heavy atom. The van der Waals surface area contributed by atoms with E-state index in [1.165, 1.54) is 0 Å². The first-order valence-electron chi connectivity index (χ1n) is 12.5. The summed E-state index contributed by atoms with van der Waals surface area (Å²) in [4.78, 5) is 13.9. The molecule has 0 atom stereocenters. The number of hydrazine groups is 1. The number of benzene rings is 3. The van der Waals surface area contributed by atoms with Gasteiger partial charge in [-0.25, -0.2) is 14.1 Å². The smallest absolute Gasteiger partial charge is 0.265 e. The van der Waals surface area contributed by atoms with E-state index in [1.54, 1.807) is 4.57 Å². The maximum atomic E-state index is 13.9. The predicted molar refractivity (Wildman–Crippen MR) is 151 cm³/mol. The number of nitrogens with zero attached hydrogens (tertiary/aromatic N) is 4. The van der Waals surface area contributed by atoms with Gasteiger partial charge in [0.15, 0.2) is 12.4 Å². The monoisotopic (exact) mass is 499 g/mol. The first-order valence-corrected chi connectivity index (χ1v) is 12.5. The summed E-state index contributed by atoms with van der Waals surface area (Å²) in [6.07, 6.45) is 9.92. The van der Waals surface area contributed by atoms with Crippen molar-refractivity contribution < 1.29 is 9.30 Å². The molecule has 0 bridgehead atoms. The number of fused-ring (bicyclic) bond motifs is 3. The Morgan fingerprint density at radius 1 is 0.763 bits per heavy atom. The fourth-order valence-corrected chi connectivity index (χ4v) is 4.71. The molecule has 3 heterocycles. The Morgan fingerprint density at radius 2 is 1.37 bits per heavy atom. The van der Waals surface area contributed by atoms with Gasteiger partial charge in [0.2, 0.25) is 11.8 Å². The normalized spacial score (nSPS) is 14.2. The van der Waals surface area contributed by atoms with E-state index in [9.17, 15) is 4.79 Å².